The summed E-state index contributed by atoms with van der Waals surface area (Å²) in [6, 6.07) is 22.1. The molecule has 136 valence electrons. The lowest BCUT2D eigenvalue weighted by Crippen LogP contribution is -2.09. The lowest BCUT2D eigenvalue weighted by Gasteiger charge is -2.13. The maximum atomic E-state index is 12.8. The molecule has 3 aromatic rings. The Bertz CT molecular complexity index is 961. The number of carbonyl (C=O) groups excluding carboxylic acids is 2. The Morgan fingerprint density at radius 1 is 0.778 bits per heavy atom. The topological polar surface area (TPSA) is 52.6 Å². The van der Waals surface area contributed by atoms with Crippen LogP contribution in [0.4, 0.5) is 0 Å². The molecule has 0 saturated heterocycles. The van der Waals surface area contributed by atoms with Gasteiger partial charge in [0.2, 0.25) is 0 Å². The van der Waals surface area contributed by atoms with Crippen molar-refractivity contribution in [3.8, 4) is 11.1 Å². The van der Waals surface area contributed by atoms with Crippen LogP contribution >= 0.6 is 0 Å². The summed E-state index contributed by atoms with van der Waals surface area (Å²) in [5.41, 5.74) is 3.94. The molecule has 0 atom stereocenters. The molecule has 0 aliphatic carbocycles. The Morgan fingerprint density at radius 2 is 1.44 bits per heavy atom. The van der Waals surface area contributed by atoms with Crippen LogP contribution in [0.3, 0.4) is 0 Å². The molecule has 0 aliphatic heterocycles. The molecular formula is C23H20O4. The predicted octanol–water partition coefficient (Wildman–Crippen LogP) is 4.81. The highest BCUT2D eigenvalue weighted by molar-refractivity contribution is 6.03. The highest BCUT2D eigenvalue weighted by Gasteiger charge is 2.19. The zero-order valence-electron chi connectivity index (χ0n) is 15.3. The van der Waals surface area contributed by atoms with Crippen LogP contribution in [0.25, 0.3) is 11.1 Å². The quantitative estimate of drug-likeness (QED) is 0.613. The maximum absolute atomic E-state index is 12.8. The van der Waals surface area contributed by atoms with E-state index in [0.29, 0.717) is 22.3 Å². The van der Waals surface area contributed by atoms with E-state index in [0.717, 1.165) is 11.1 Å². The second kappa shape index (κ2) is 8.32. The third-order valence-corrected chi connectivity index (χ3v) is 4.23. The van der Waals surface area contributed by atoms with Gasteiger partial charge in [-0.3, -0.25) is 0 Å². The minimum absolute atomic E-state index is 0.186. The van der Waals surface area contributed by atoms with Gasteiger partial charge in [-0.15, -0.1) is 0 Å². The van der Waals surface area contributed by atoms with Gasteiger partial charge in [-0.2, -0.15) is 0 Å². The Morgan fingerprint density at radius 3 is 2.19 bits per heavy atom. The largest absolute Gasteiger partial charge is 0.465 e. The van der Waals surface area contributed by atoms with Crippen LogP contribution in [0.15, 0.2) is 72.8 Å². The summed E-state index contributed by atoms with van der Waals surface area (Å²) in [5.74, 6) is -0.882. The zero-order chi connectivity index (χ0) is 19.2. The number of hydrogen-bond donors (Lipinski definition) is 0. The third-order valence-electron chi connectivity index (χ3n) is 4.23. The fraction of sp³-hybridized carbons (Fsp3) is 0.130. The summed E-state index contributed by atoms with van der Waals surface area (Å²) in [6.07, 6.45) is 0. The SMILES string of the molecule is COC(=O)c1ccccc1-c1ccc(C)cc1C(=O)OCc1ccccc1. The molecule has 0 amide bonds. The van der Waals surface area contributed by atoms with E-state index < -0.39 is 11.9 Å². The molecule has 0 fully saturated rings. The molecule has 0 N–H and O–H groups in total. The van der Waals surface area contributed by atoms with Crippen LogP contribution in [-0.4, -0.2) is 19.0 Å². The van der Waals surface area contributed by atoms with E-state index in [1.165, 1.54) is 7.11 Å². The van der Waals surface area contributed by atoms with Gasteiger partial charge in [0.1, 0.15) is 6.61 Å². The van der Waals surface area contributed by atoms with Gasteiger partial charge in [0.15, 0.2) is 0 Å². The molecule has 4 nitrogen and oxygen atoms in total. The average molecular weight is 360 g/mol. The monoisotopic (exact) mass is 360 g/mol. The van der Waals surface area contributed by atoms with Crippen LogP contribution in [0.5, 0.6) is 0 Å². The second-order valence-electron chi connectivity index (χ2n) is 6.15. The molecule has 3 rings (SSSR count). The summed E-state index contributed by atoms with van der Waals surface area (Å²) in [4.78, 5) is 24.9. The molecule has 4 heteroatoms. The average Bonchev–Trinajstić information content (AvgIpc) is 2.72. The van der Waals surface area contributed by atoms with Crippen LogP contribution in [-0.2, 0) is 16.1 Å². The molecule has 0 heterocycles. The van der Waals surface area contributed by atoms with E-state index in [2.05, 4.69) is 0 Å². The zero-order valence-corrected chi connectivity index (χ0v) is 15.3. The van der Waals surface area contributed by atoms with Crippen LogP contribution < -0.4 is 0 Å². The van der Waals surface area contributed by atoms with Crippen molar-refractivity contribution in [2.75, 3.05) is 7.11 Å². The first-order chi connectivity index (χ1) is 13.1. The molecule has 0 unspecified atom stereocenters. The summed E-state index contributed by atoms with van der Waals surface area (Å²) in [7, 11) is 1.34. The Labute approximate surface area is 158 Å². The highest BCUT2D eigenvalue weighted by atomic mass is 16.5. The number of methoxy groups -OCH3 is 1. The number of ether oxygens (including phenoxy) is 2. The summed E-state index contributed by atoms with van der Waals surface area (Å²) < 4.78 is 10.4. The van der Waals surface area contributed by atoms with Crippen molar-refractivity contribution in [2.24, 2.45) is 0 Å². The van der Waals surface area contributed by atoms with Crippen molar-refractivity contribution in [1.29, 1.82) is 0 Å². The summed E-state index contributed by atoms with van der Waals surface area (Å²) >= 11 is 0. The smallest absolute Gasteiger partial charge is 0.339 e. The molecule has 27 heavy (non-hydrogen) atoms. The number of hydrogen-bond acceptors (Lipinski definition) is 4. The van der Waals surface area contributed by atoms with E-state index in [1.807, 2.05) is 55.5 Å². The predicted molar refractivity (Wildman–Crippen MR) is 104 cm³/mol. The van der Waals surface area contributed by atoms with Crippen molar-refractivity contribution in [3.05, 3.63) is 95.1 Å². The van der Waals surface area contributed by atoms with E-state index in [1.54, 1.807) is 24.3 Å². The molecule has 0 saturated carbocycles. The Hall–Kier alpha value is -3.40. The lowest BCUT2D eigenvalue weighted by atomic mass is 9.94. The first-order valence-corrected chi connectivity index (χ1v) is 8.59. The van der Waals surface area contributed by atoms with Gasteiger partial charge in [0.25, 0.3) is 0 Å². The fourth-order valence-corrected chi connectivity index (χ4v) is 2.87. The van der Waals surface area contributed by atoms with E-state index in [4.69, 9.17) is 9.47 Å². The normalized spacial score (nSPS) is 10.3. The number of benzene rings is 3. The van der Waals surface area contributed by atoms with Crippen molar-refractivity contribution in [3.63, 3.8) is 0 Å². The van der Waals surface area contributed by atoms with Gasteiger partial charge >= 0.3 is 11.9 Å². The van der Waals surface area contributed by atoms with Crippen molar-refractivity contribution < 1.29 is 19.1 Å². The first-order valence-electron chi connectivity index (χ1n) is 8.59. The van der Waals surface area contributed by atoms with E-state index in [9.17, 15) is 9.59 Å². The van der Waals surface area contributed by atoms with Crippen molar-refractivity contribution in [1.82, 2.24) is 0 Å². The number of aryl methyl sites for hydroxylation is 1. The Balaban J connectivity index is 1.97. The molecule has 0 bridgehead atoms. The molecule has 0 spiro atoms. The second-order valence-corrected chi connectivity index (χ2v) is 6.15. The van der Waals surface area contributed by atoms with Gasteiger partial charge in [0, 0.05) is 0 Å². The van der Waals surface area contributed by atoms with Crippen molar-refractivity contribution >= 4 is 11.9 Å². The third kappa shape index (κ3) is 4.23. The van der Waals surface area contributed by atoms with Gasteiger partial charge < -0.3 is 9.47 Å². The fourth-order valence-electron chi connectivity index (χ4n) is 2.87. The van der Waals surface area contributed by atoms with Crippen LogP contribution in [0.2, 0.25) is 0 Å². The van der Waals surface area contributed by atoms with Gasteiger partial charge in [-0.25, -0.2) is 9.59 Å². The number of esters is 2. The first kappa shape index (κ1) is 18.4. The van der Waals surface area contributed by atoms with Crippen LogP contribution in [0.1, 0.15) is 31.8 Å². The Kier molecular flexibility index (Phi) is 5.67. The minimum atomic E-state index is -0.449. The number of carbonyl (C=O) groups is 2. The van der Waals surface area contributed by atoms with Crippen LogP contribution in [0, 0.1) is 6.92 Å². The van der Waals surface area contributed by atoms with E-state index in [-0.39, 0.29) is 6.61 Å². The molecule has 3 aromatic carbocycles. The van der Waals surface area contributed by atoms with Crippen molar-refractivity contribution in [2.45, 2.75) is 13.5 Å². The van der Waals surface area contributed by atoms with Gasteiger partial charge in [-0.05, 0) is 35.7 Å². The van der Waals surface area contributed by atoms with Gasteiger partial charge in [0.05, 0.1) is 18.2 Å². The van der Waals surface area contributed by atoms with Gasteiger partial charge in [-0.1, -0.05) is 66.2 Å². The molecule has 0 radical (unpaired) electrons. The highest BCUT2D eigenvalue weighted by Crippen LogP contribution is 2.29. The molecule has 0 aliphatic rings. The maximum Gasteiger partial charge on any atom is 0.339 e. The number of rotatable bonds is 5. The lowest BCUT2D eigenvalue weighted by molar-refractivity contribution is 0.0472. The summed E-state index contributed by atoms with van der Waals surface area (Å²) in [6.45, 7) is 2.09. The van der Waals surface area contributed by atoms with E-state index >= 15 is 0 Å². The molecule has 0 aromatic heterocycles. The summed E-state index contributed by atoms with van der Waals surface area (Å²) in [5, 5.41) is 0. The molecular weight excluding hydrogens is 340 g/mol. The minimum Gasteiger partial charge on any atom is -0.465 e. The standard InChI is InChI=1S/C23H20O4/c1-16-12-13-19(18-10-6-7-11-20(18)22(24)26-2)21(14-16)23(25)27-15-17-8-4-3-5-9-17/h3-14H,15H2,1-2H3.